The monoisotopic (exact) mass is 580 g/mol. The zero-order valence-electron chi connectivity index (χ0n) is 22.4. The molecule has 0 spiro atoms. The number of aromatic nitrogens is 3. The Morgan fingerprint density at radius 1 is 0.976 bits per heavy atom. The van der Waals surface area contributed by atoms with E-state index >= 15 is 0 Å². The van der Waals surface area contributed by atoms with Crippen LogP contribution in [0.15, 0.2) is 65.1 Å². The van der Waals surface area contributed by atoms with E-state index < -0.39 is 11.8 Å². The Hall–Kier alpha value is -5.30. The molecule has 0 radical (unpaired) electrons. The van der Waals surface area contributed by atoms with Crippen molar-refractivity contribution in [2.75, 3.05) is 48.8 Å². The molecule has 0 unspecified atom stereocenters. The van der Waals surface area contributed by atoms with Crippen LogP contribution in [-0.2, 0) is 9.63 Å². The molecule has 3 N–H and O–H groups in total. The third-order valence-electron chi connectivity index (χ3n) is 7.53. The molecule has 3 aromatic carbocycles. The predicted molar refractivity (Wildman–Crippen MR) is 160 cm³/mol. The number of nitrogens with two attached hydrogens (primary N) is 1. The normalized spacial score (nSPS) is 15.6. The highest BCUT2D eigenvalue weighted by molar-refractivity contribution is 7.13. The van der Waals surface area contributed by atoms with E-state index in [1.807, 2.05) is 42.5 Å². The number of thiazole rings is 1. The van der Waals surface area contributed by atoms with Gasteiger partial charge in [0.1, 0.15) is 12.8 Å². The lowest BCUT2D eigenvalue weighted by atomic mass is 9.92. The summed E-state index contributed by atoms with van der Waals surface area (Å²) < 4.78 is 0. The van der Waals surface area contributed by atoms with Gasteiger partial charge in [-0.3, -0.25) is 14.4 Å². The van der Waals surface area contributed by atoms with Crippen LogP contribution in [0.3, 0.4) is 0 Å². The molecule has 1 saturated heterocycles. The van der Waals surface area contributed by atoms with E-state index in [9.17, 15) is 14.4 Å². The number of rotatable bonds is 5. The highest BCUT2D eigenvalue weighted by Gasteiger charge is 2.37. The fraction of sp³-hybridized carbons (Fsp3) is 0.172. The summed E-state index contributed by atoms with van der Waals surface area (Å²) in [5.41, 5.74) is 9.39. The largest absolute Gasteiger partial charge is 0.398 e. The first-order valence-corrected chi connectivity index (χ1v) is 14.1. The summed E-state index contributed by atoms with van der Waals surface area (Å²) in [6.07, 6.45) is 0. The average molecular weight is 581 g/mol. The van der Waals surface area contributed by atoms with Crippen LogP contribution in [0.2, 0.25) is 0 Å². The second-order valence-corrected chi connectivity index (χ2v) is 10.7. The van der Waals surface area contributed by atoms with Gasteiger partial charge in [-0.25, -0.2) is 14.9 Å². The van der Waals surface area contributed by atoms with Gasteiger partial charge in [0.15, 0.2) is 10.8 Å². The molecule has 0 saturated carbocycles. The average Bonchev–Trinajstić information content (AvgIpc) is 3.64. The molecule has 4 heterocycles. The highest BCUT2D eigenvalue weighted by Crippen LogP contribution is 2.37. The molecule has 2 aliphatic heterocycles. The molecule has 5 aromatic rings. The SMILES string of the molecule is CO/N=C(\C(=O)N1CCN(c2ccc3c4c(cccc24)C(=O)N(c2nc4ccccc4[nH]2)C3=O)CC1)c1csc(N)n1. The van der Waals surface area contributed by atoms with E-state index in [4.69, 9.17) is 10.6 Å². The summed E-state index contributed by atoms with van der Waals surface area (Å²) in [6.45, 7) is 1.94. The number of nitrogens with one attached hydrogen (secondary N) is 1. The molecular formula is C29H24N8O4S. The first-order valence-electron chi connectivity index (χ1n) is 13.2. The molecule has 12 nitrogen and oxygen atoms in total. The van der Waals surface area contributed by atoms with E-state index in [0.717, 1.165) is 21.5 Å². The fourth-order valence-corrected chi connectivity index (χ4v) is 6.13. The van der Waals surface area contributed by atoms with E-state index in [0.29, 0.717) is 59.0 Å². The Morgan fingerprint density at radius 2 is 1.74 bits per heavy atom. The maximum Gasteiger partial charge on any atom is 0.278 e. The number of imide groups is 1. The summed E-state index contributed by atoms with van der Waals surface area (Å²) in [4.78, 5) is 62.3. The Labute approximate surface area is 243 Å². The first-order chi connectivity index (χ1) is 20.4. The van der Waals surface area contributed by atoms with Gasteiger partial charge in [0.05, 0.1) is 11.0 Å². The summed E-state index contributed by atoms with van der Waals surface area (Å²) in [5.74, 6) is -0.967. The van der Waals surface area contributed by atoms with Crippen molar-refractivity contribution in [2.45, 2.75) is 0 Å². The number of hydrogen-bond donors (Lipinski definition) is 2. The van der Waals surface area contributed by atoms with Crippen LogP contribution in [-0.4, -0.2) is 76.6 Å². The number of imidazole rings is 1. The molecule has 13 heteroatoms. The number of amides is 3. The van der Waals surface area contributed by atoms with Crippen molar-refractivity contribution in [3.8, 4) is 0 Å². The number of aromatic amines is 1. The second-order valence-electron chi connectivity index (χ2n) is 9.86. The van der Waals surface area contributed by atoms with Gasteiger partial charge in [-0.05, 0) is 30.3 Å². The molecule has 7 rings (SSSR count). The van der Waals surface area contributed by atoms with Crippen molar-refractivity contribution < 1.29 is 19.2 Å². The molecule has 3 amide bonds. The number of H-pyrrole nitrogens is 1. The number of anilines is 3. The number of nitrogen functional groups attached to an aromatic ring is 1. The minimum Gasteiger partial charge on any atom is -0.398 e. The quantitative estimate of drug-likeness (QED) is 0.183. The molecule has 2 aliphatic rings. The van der Waals surface area contributed by atoms with Crippen molar-refractivity contribution >= 4 is 73.3 Å². The molecule has 0 bridgehead atoms. The number of carbonyl (C=O) groups excluding carboxylic acids is 3. The molecule has 1 fully saturated rings. The third kappa shape index (κ3) is 4.05. The standard InChI is InChI=1S/C29H24N8O4S/c1-41-34-24(21-15-42-28(30)31-21)27(40)36-13-11-35(12-14-36)22-10-9-18-23-16(22)5-4-6-17(23)25(38)37(26(18)39)29-32-19-7-2-3-8-20(19)33-29/h2-10,15H,11-14H2,1H3,(H2,30,31)(H,32,33)/b34-24-. The van der Waals surface area contributed by atoms with Crippen molar-refractivity contribution in [3.05, 3.63) is 76.8 Å². The number of para-hydroxylation sites is 2. The van der Waals surface area contributed by atoms with Crippen molar-refractivity contribution in [3.63, 3.8) is 0 Å². The summed E-state index contributed by atoms with van der Waals surface area (Å²) in [6, 6.07) is 16.5. The molecule has 0 atom stereocenters. The van der Waals surface area contributed by atoms with Crippen LogP contribution >= 0.6 is 11.3 Å². The second kappa shape index (κ2) is 9.96. The smallest absolute Gasteiger partial charge is 0.278 e. The first kappa shape index (κ1) is 25.7. The van der Waals surface area contributed by atoms with Crippen molar-refractivity contribution in [1.29, 1.82) is 0 Å². The summed E-state index contributed by atoms with van der Waals surface area (Å²) in [7, 11) is 1.38. The molecule has 0 aliphatic carbocycles. The van der Waals surface area contributed by atoms with Gasteiger partial charge in [-0.15, -0.1) is 11.3 Å². The Kier molecular flexibility index (Phi) is 6.08. The van der Waals surface area contributed by atoms with Crippen molar-refractivity contribution in [2.24, 2.45) is 5.16 Å². The highest BCUT2D eigenvalue weighted by atomic mass is 32.1. The van der Waals surface area contributed by atoms with Gasteiger partial charge < -0.3 is 25.4 Å². The Morgan fingerprint density at radius 3 is 2.45 bits per heavy atom. The molecule has 2 aromatic heterocycles. The molecular weight excluding hydrogens is 556 g/mol. The van der Waals surface area contributed by atoms with Gasteiger partial charge in [-0.1, -0.05) is 29.4 Å². The predicted octanol–water partition coefficient (Wildman–Crippen LogP) is 3.25. The summed E-state index contributed by atoms with van der Waals surface area (Å²) >= 11 is 1.23. The number of carbonyl (C=O) groups is 3. The van der Waals surface area contributed by atoms with Crippen LogP contribution in [0, 0.1) is 0 Å². The van der Waals surface area contributed by atoms with Crippen LogP contribution in [0.25, 0.3) is 21.8 Å². The van der Waals surface area contributed by atoms with E-state index in [-0.39, 0.29) is 17.6 Å². The number of piperazine rings is 1. The fourth-order valence-electron chi connectivity index (χ4n) is 5.58. The molecule has 42 heavy (non-hydrogen) atoms. The minimum atomic E-state index is -0.433. The van der Waals surface area contributed by atoms with Crippen LogP contribution in [0.4, 0.5) is 16.8 Å². The topological polar surface area (TPSA) is 150 Å². The number of benzene rings is 3. The van der Waals surface area contributed by atoms with E-state index in [1.54, 1.807) is 22.4 Å². The zero-order valence-corrected chi connectivity index (χ0v) is 23.2. The zero-order chi connectivity index (χ0) is 29.0. The van der Waals surface area contributed by atoms with Crippen LogP contribution < -0.4 is 15.5 Å². The van der Waals surface area contributed by atoms with Crippen molar-refractivity contribution in [1.82, 2.24) is 19.9 Å². The van der Waals surface area contributed by atoms with Gasteiger partial charge in [-0.2, -0.15) is 0 Å². The van der Waals surface area contributed by atoms with Crippen LogP contribution in [0.5, 0.6) is 0 Å². The lowest BCUT2D eigenvalue weighted by Crippen LogP contribution is -2.51. The minimum absolute atomic E-state index is 0.103. The Balaban J connectivity index is 1.17. The Bertz CT molecular complexity index is 1880. The number of nitrogens with zero attached hydrogens (tertiary/aromatic N) is 6. The maximum absolute atomic E-state index is 13.7. The van der Waals surface area contributed by atoms with E-state index in [1.165, 1.54) is 18.4 Å². The maximum atomic E-state index is 13.7. The lowest BCUT2D eigenvalue weighted by molar-refractivity contribution is -0.124. The molecule has 210 valence electrons. The van der Waals surface area contributed by atoms with E-state index in [2.05, 4.69) is 25.0 Å². The number of fused-ring (bicyclic) bond motifs is 1. The lowest BCUT2D eigenvalue weighted by Gasteiger charge is -2.37. The number of oxime groups is 1. The van der Waals surface area contributed by atoms with Crippen LogP contribution in [0.1, 0.15) is 26.4 Å². The van der Waals surface area contributed by atoms with Gasteiger partial charge >= 0.3 is 0 Å². The van der Waals surface area contributed by atoms with Gasteiger partial charge in [0, 0.05) is 59.1 Å². The third-order valence-corrected chi connectivity index (χ3v) is 8.20. The van der Waals surface area contributed by atoms with Gasteiger partial charge in [0.2, 0.25) is 5.95 Å². The summed E-state index contributed by atoms with van der Waals surface area (Å²) in [5, 5.41) is 7.35. The van der Waals surface area contributed by atoms with Gasteiger partial charge in [0.25, 0.3) is 17.7 Å². The number of hydrogen-bond acceptors (Lipinski definition) is 10.